The molecule has 0 radical (unpaired) electrons. The molecule has 1 aliphatic heterocycles. The van der Waals surface area contributed by atoms with Crippen molar-refractivity contribution >= 4 is 0 Å². The van der Waals surface area contributed by atoms with E-state index in [0.29, 0.717) is 6.61 Å². The lowest BCUT2D eigenvalue weighted by atomic mass is 10.1. The molecule has 0 saturated carbocycles. The number of methoxy groups -OCH3 is 1. The number of benzene rings is 1. The monoisotopic (exact) mass is 219 g/mol. The molecular formula is C14H21NO. The summed E-state index contributed by atoms with van der Waals surface area (Å²) in [6.45, 7) is 4.33. The van der Waals surface area contributed by atoms with Crippen LogP contribution < -0.4 is 0 Å². The lowest BCUT2D eigenvalue weighted by molar-refractivity contribution is 0.184. The van der Waals surface area contributed by atoms with Gasteiger partial charge in [0.25, 0.3) is 0 Å². The minimum Gasteiger partial charge on any atom is -0.380 e. The van der Waals surface area contributed by atoms with E-state index >= 15 is 0 Å². The van der Waals surface area contributed by atoms with Crippen molar-refractivity contribution in [2.45, 2.75) is 32.4 Å². The summed E-state index contributed by atoms with van der Waals surface area (Å²) in [7, 11) is 1.75. The van der Waals surface area contributed by atoms with E-state index in [1.165, 1.54) is 43.5 Å². The highest BCUT2D eigenvalue weighted by Crippen LogP contribution is 2.14. The maximum Gasteiger partial charge on any atom is 0.0713 e. The van der Waals surface area contributed by atoms with Crippen LogP contribution in [-0.4, -0.2) is 25.1 Å². The highest BCUT2D eigenvalue weighted by atomic mass is 16.5. The predicted octanol–water partition coefficient (Wildman–Crippen LogP) is 2.82. The minimum atomic E-state index is 0.716. The third-order valence-corrected chi connectivity index (χ3v) is 3.16. The van der Waals surface area contributed by atoms with Crippen molar-refractivity contribution in [1.82, 2.24) is 4.90 Å². The van der Waals surface area contributed by atoms with E-state index in [1.807, 2.05) is 0 Å². The first-order valence-corrected chi connectivity index (χ1v) is 6.17. The Bertz CT molecular complexity index is 318. The first kappa shape index (κ1) is 11.6. The van der Waals surface area contributed by atoms with Crippen molar-refractivity contribution in [3.05, 3.63) is 35.4 Å². The molecule has 2 rings (SSSR count). The second kappa shape index (κ2) is 6.02. The molecule has 0 spiro atoms. The molecule has 1 aromatic carbocycles. The Morgan fingerprint density at radius 3 is 2.62 bits per heavy atom. The number of rotatable bonds is 4. The minimum absolute atomic E-state index is 0.716. The lowest BCUT2D eigenvalue weighted by Crippen LogP contribution is -2.29. The van der Waals surface area contributed by atoms with Crippen LogP contribution in [0.5, 0.6) is 0 Å². The van der Waals surface area contributed by atoms with Crippen LogP contribution >= 0.6 is 0 Å². The smallest absolute Gasteiger partial charge is 0.0713 e. The lowest BCUT2D eigenvalue weighted by Gasteiger charge is -2.26. The Morgan fingerprint density at radius 1 is 1.12 bits per heavy atom. The normalized spacial score (nSPS) is 17.6. The first-order chi connectivity index (χ1) is 7.88. The fourth-order valence-electron chi connectivity index (χ4n) is 2.36. The number of ether oxygens (including phenoxy) is 1. The van der Waals surface area contributed by atoms with Crippen molar-refractivity contribution in [3.8, 4) is 0 Å². The number of nitrogens with zero attached hydrogens (tertiary/aromatic N) is 1. The molecule has 0 bridgehead atoms. The van der Waals surface area contributed by atoms with E-state index in [1.54, 1.807) is 7.11 Å². The average Bonchev–Trinajstić information content (AvgIpc) is 2.31. The Kier molecular flexibility index (Phi) is 4.37. The fraction of sp³-hybridized carbons (Fsp3) is 0.571. The Balaban J connectivity index is 1.94. The van der Waals surface area contributed by atoms with E-state index in [2.05, 4.69) is 29.2 Å². The fourth-order valence-corrected chi connectivity index (χ4v) is 2.36. The van der Waals surface area contributed by atoms with Gasteiger partial charge in [-0.05, 0) is 37.1 Å². The van der Waals surface area contributed by atoms with Crippen LogP contribution in [0, 0.1) is 0 Å². The van der Waals surface area contributed by atoms with Crippen LogP contribution in [0.3, 0.4) is 0 Å². The van der Waals surface area contributed by atoms with Gasteiger partial charge in [0.15, 0.2) is 0 Å². The number of piperidine rings is 1. The van der Waals surface area contributed by atoms with Gasteiger partial charge in [0.2, 0.25) is 0 Å². The largest absolute Gasteiger partial charge is 0.380 e. The van der Waals surface area contributed by atoms with Crippen molar-refractivity contribution < 1.29 is 4.74 Å². The van der Waals surface area contributed by atoms with Gasteiger partial charge in [0.1, 0.15) is 0 Å². The third kappa shape index (κ3) is 3.32. The molecular weight excluding hydrogens is 198 g/mol. The zero-order valence-corrected chi connectivity index (χ0v) is 10.1. The first-order valence-electron chi connectivity index (χ1n) is 6.17. The summed E-state index contributed by atoms with van der Waals surface area (Å²) < 4.78 is 5.16. The van der Waals surface area contributed by atoms with E-state index in [9.17, 15) is 0 Å². The number of hydrogen-bond acceptors (Lipinski definition) is 2. The Morgan fingerprint density at radius 2 is 1.88 bits per heavy atom. The van der Waals surface area contributed by atoms with E-state index < -0.39 is 0 Å². The molecule has 1 saturated heterocycles. The van der Waals surface area contributed by atoms with Gasteiger partial charge in [-0.15, -0.1) is 0 Å². The Hall–Kier alpha value is -0.860. The molecule has 1 aromatic rings. The van der Waals surface area contributed by atoms with Gasteiger partial charge in [-0.25, -0.2) is 0 Å². The van der Waals surface area contributed by atoms with E-state index in [-0.39, 0.29) is 0 Å². The summed E-state index contributed by atoms with van der Waals surface area (Å²) in [5, 5.41) is 0. The summed E-state index contributed by atoms with van der Waals surface area (Å²) in [6.07, 6.45) is 4.12. The van der Waals surface area contributed by atoms with E-state index in [0.717, 1.165) is 6.54 Å². The zero-order valence-electron chi connectivity index (χ0n) is 10.1. The third-order valence-electron chi connectivity index (χ3n) is 3.16. The van der Waals surface area contributed by atoms with Crippen LogP contribution in [0.2, 0.25) is 0 Å². The number of hydrogen-bond donors (Lipinski definition) is 0. The van der Waals surface area contributed by atoms with Gasteiger partial charge >= 0.3 is 0 Å². The van der Waals surface area contributed by atoms with Crippen molar-refractivity contribution in [3.63, 3.8) is 0 Å². The van der Waals surface area contributed by atoms with Crippen LogP contribution in [0.25, 0.3) is 0 Å². The molecule has 0 amide bonds. The van der Waals surface area contributed by atoms with Crippen LogP contribution in [0.1, 0.15) is 30.4 Å². The van der Waals surface area contributed by atoms with Crippen molar-refractivity contribution in [1.29, 1.82) is 0 Å². The molecule has 88 valence electrons. The topological polar surface area (TPSA) is 12.5 Å². The summed E-state index contributed by atoms with van der Waals surface area (Å²) in [5.41, 5.74) is 2.69. The molecule has 1 aliphatic rings. The standard InChI is InChI=1S/C14H21NO/c1-16-12-14-7-5-6-13(10-14)11-15-8-3-2-4-9-15/h5-7,10H,2-4,8-9,11-12H2,1H3. The molecule has 2 heteroatoms. The molecule has 0 N–H and O–H groups in total. The molecule has 0 aromatic heterocycles. The summed E-state index contributed by atoms with van der Waals surface area (Å²) in [5.74, 6) is 0. The summed E-state index contributed by atoms with van der Waals surface area (Å²) in [6, 6.07) is 8.74. The Labute approximate surface area is 98.2 Å². The van der Waals surface area contributed by atoms with Crippen LogP contribution in [0.15, 0.2) is 24.3 Å². The zero-order chi connectivity index (χ0) is 11.2. The maximum atomic E-state index is 5.16. The van der Waals surface area contributed by atoms with Gasteiger partial charge in [0.05, 0.1) is 6.61 Å². The average molecular weight is 219 g/mol. The van der Waals surface area contributed by atoms with Gasteiger partial charge in [-0.3, -0.25) is 4.90 Å². The SMILES string of the molecule is COCc1cccc(CN2CCCCC2)c1. The number of likely N-dealkylation sites (tertiary alicyclic amines) is 1. The predicted molar refractivity (Wildman–Crippen MR) is 66.3 cm³/mol. The maximum absolute atomic E-state index is 5.16. The van der Waals surface area contributed by atoms with Crippen molar-refractivity contribution in [2.24, 2.45) is 0 Å². The highest BCUT2D eigenvalue weighted by molar-refractivity contribution is 5.22. The molecule has 2 nitrogen and oxygen atoms in total. The van der Waals surface area contributed by atoms with Gasteiger partial charge < -0.3 is 4.74 Å². The summed E-state index contributed by atoms with van der Waals surface area (Å²) >= 11 is 0. The molecule has 0 unspecified atom stereocenters. The second-order valence-corrected chi connectivity index (χ2v) is 4.59. The van der Waals surface area contributed by atoms with Gasteiger partial charge in [0, 0.05) is 13.7 Å². The van der Waals surface area contributed by atoms with Gasteiger partial charge in [-0.1, -0.05) is 30.7 Å². The molecule has 0 atom stereocenters. The van der Waals surface area contributed by atoms with Crippen LogP contribution in [0.4, 0.5) is 0 Å². The van der Waals surface area contributed by atoms with E-state index in [4.69, 9.17) is 4.74 Å². The van der Waals surface area contributed by atoms with Crippen molar-refractivity contribution in [2.75, 3.05) is 20.2 Å². The molecule has 0 aliphatic carbocycles. The summed E-state index contributed by atoms with van der Waals surface area (Å²) in [4.78, 5) is 2.55. The van der Waals surface area contributed by atoms with Gasteiger partial charge in [-0.2, -0.15) is 0 Å². The molecule has 1 heterocycles. The second-order valence-electron chi connectivity index (χ2n) is 4.59. The molecule has 1 fully saturated rings. The quantitative estimate of drug-likeness (QED) is 0.772. The highest BCUT2D eigenvalue weighted by Gasteiger charge is 2.10. The molecule has 16 heavy (non-hydrogen) atoms. The van der Waals surface area contributed by atoms with Crippen LogP contribution in [-0.2, 0) is 17.9 Å².